The number of ether oxygens (including phenoxy) is 1. The maximum atomic E-state index is 11.3. The van der Waals surface area contributed by atoms with Crippen molar-refractivity contribution in [2.45, 2.75) is 4.90 Å². The van der Waals surface area contributed by atoms with Gasteiger partial charge in [0.05, 0.1) is 19.8 Å². The summed E-state index contributed by atoms with van der Waals surface area (Å²) in [6.45, 7) is 0. The molecule has 0 unspecified atom stereocenters. The molecule has 0 heterocycles. The molecule has 1 aromatic carbocycles. The number of methoxy groups -OCH3 is 1. The summed E-state index contributed by atoms with van der Waals surface area (Å²) in [7, 11) is -0.0125. The van der Waals surface area contributed by atoms with Crippen molar-refractivity contribution in [3.8, 4) is 0 Å². The van der Waals surface area contributed by atoms with Crippen molar-refractivity contribution < 1.29 is 22.1 Å². The number of hydrogen-bond donors (Lipinski definition) is 0. The van der Waals surface area contributed by atoms with Crippen LogP contribution in [0.5, 0.6) is 0 Å². The average molecular weight is 229 g/mol. The molecule has 1 aromatic rings. The number of rotatable bonds is 3. The zero-order valence-corrected chi connectivity index (χ0v) is 8.78. The molecule has 0 spiro atoms. The molecular formula is C9H9O5S. The van der Waals surface area contributed by atoms with Crippen LogP contribution in [0.3, 0.4) is 0 Å². The fourth-order valence-electron chi connectivity index (χ4n) is 1.03. The number of hydrogen-bond acceptors (Lipinski definition) is 5. The van der Waals surface area contributed by atoms with Crippen molar-refractivity contribution in [3.63, 3.8) is 0 Å². The van der Waals surface area contributed by atoms with E-state index >= 15 is 0 Å². The largest absolute Gasteiger partial charge is 0.465 e. The quantitative estimate of drug-likeness (QED) is 0.570. The second-order valence-electron chi connectivity index (χ2n) is 2.56. The molecule has 0 amide bonds. The van der Waals surface area contributed by atoms with Crippen molar-refractivity contribution in [1.82, 2.24) is 0 Å². The Hall–Kier alpha value is -1.40. The third-order valence-electron chi connectivity index (χ3n) is 1.72. The molecule has 6 heteroatoms. The number of esters is 1. The molecular weight excluding hydrogens is 220 g/mol. The number of carbonyl (C=O) groups excluding carboxylic acids is 1. The van der Waals surface area contributed by atoms with E-state index in [0.717, 1.165) is 7.11 Å². The van der Waals surface area contributed by atoms with Gasteiger partial charge in [0.2, 0.25) is 0 Å². The van der Waals surface area contributed by atoms with Gasteiger partial charge < -0.3 is 4.74 Å². The van der Waals surface area contributed by atoms with E-state index in [9.17, 15) is 13.2 Å². The highest BCUT2D eigenvalue weighted by Gasteiger charge is 2.21. The molecule has 1 rings (SSSR count). The van der Waals surface area contributed by atoms with Gasteiger partial charge in [-0.2, -0.15) is 8.42 Å². The first-order valence-electron chi connectivity index (χ1n) is 3.89. The Morgan fingerprint density at radius 3 is 2.47 bits per heavy atom. The fourth-order valence-corrected chi connectivity index (χ4v) is 1.82. The van der Waals surface area contributed by atoms with Crippen LogP contribution in [0.2, 0.25) is 0 Å². The van der Waals surface area contributed by atoms with E-state index in [1.807, 2.05) is 0 Å². The van der Waals surface area contributed by atoms with Crippen LogP contribution in [0.1, 0.15) is 10.4 Å². The highest BCUT2D eigenvalue weighted by Crippen LogP contribution is 2.18. The first-order valence-corrected chi connectivity index (χ1v) is 5.29. The molecule has 15 heavy (non-hydrogen) atoms. The van der Waals surface area contributed by atoms with Gasteiger partial charge in [0.15, 0.2) is 0 Å². The van der Waals surface area contributed by atoms with Crippen molar-refractivity contribution in [3.05, 3.63) is 36.9 Å². The maximum Gasteiger partial charge on any atom is 0.339 e. The van der Waals surface area contributed by atoms with Gasteiger partial charge >= 0.3 is 5.97 Å². The molecule has 0 aromatic heterocycles. The van der Waals surface area contributed by atoms with Crippen LogP contribution >= 0.6 is 0 Å². The van der Waals surface area contributed by atoms with Crippen molar-refractivity contribution in [1.29, 1.82) is 0 Å². The molecule has 0 aliphatic heterocycles. The molecule has 0 aliphatic rings. The molecule has 0 atom stereocenters. The molecule has 5 nitrogen and oxygen atoms in total. The first kappa shape index (κ1) is 11.7. The van der Waals surface area contributed by atoms with Crippen molar-refractivity contribution in [2.24, 2.45) is 0 Å². The summed E-state index contributed by atoms with van der Waals surface area (Å²) in [6, 6.07) is 5.57. The van der Waals surface area contributed by atoms with Gasteiger partial charge in [0, 0.05) is 0 Å². The number of carbonyl (C=O) groups is 1. The Morgan fingerprint density at radius 2 is 1.93 bits per heavy atom. The van der Waals surface area contributed by atoms with E-state index in [2.05, 4.69) is 16.0 Å². The van der Waals surface area contributed by atoms with Crippen LogP contribution in [0.25, 0.3) is 0 Å². The standard InChI is InChI=1S/C9H9O5S/c1-13-9(10)7-5-3-4-6-8(7)15(11,12)14-2/h3-6H,2H2,1H3. The van der Waals surface area contributed by atoms with Crippen LogP contribution < -0.4 is 0 Å². The Balaban J connectivity index is 3.37. The summed E-state index contributed by atoms with van der Waals surface area (Å²) < 4.78 is 31.2. The predicted octanol–water partition coefficient (Wildman–Crippen LogP) is 0.970. The Kier molecular flexibility index (Phi) is 3.43. The van der Waals surface area contributed by atoms with Crippen LogP contribution in [0, 0.1) is 7.11 Å². The smallest absolute Gasteiger partial charge is 0.339 e. The molecule has 0 fully saturated rings. The highest BCUT2D eigenvalue weighted by atomic mass is 32.2. The van der Waals surface area contributed by atoms with Gasteiger partial charge in [0.1, 0.15) is 4.90 Å². The Labute approximate surface area is 87.7 Å². The second kappa shape index (κ2) is 4.41. The van der Waals surface area contributed by atoms with E-state index in [1.165, 1.54) is 24.3 Å². The first-order chi connectivity index (χ1) is 7.03. The molecule has 0 aliphatic carbocycles. The van der Waals surface area contributed by atoms with E-state index < -0.39 is 16.1 Å². The summed E-state index contributed by atoms with van der Waals surface area (Å²) in [5.74, 6) is -0.744. The predicted molar refractivity (Wildman–Crippen MR) is 51.4 cm³/mol. The Morgan fingerprint density at radius 1 is 1.33 bits per heavy atom. The van der Waals surface area contributed by atoms with E-state index in [-0.39, 0.29) is 10.5 Å². The molecule has 0 saturated heterocycles. The summed E-state index contributed by atoms with van der Waals surface area (Å²) in [5, 5.41) is 0. The second-order valence-corrected chi connectivity index (χ2v) is 4.14. The lowest BCUT2D eigenvalue weighted by molar-refractivity contribution is 0.0596. The maximum absolute atomic E-state index is 11.3. The molecule has 0 bridgehead atoms. The summed E-state index contributed by atoms with van der Waals surface area (Å²) in [4.78, 5) is 11.0. The van der Waals surface area contributed by atoms with E-state index in [0.29, 0.717) is 0 Å². The van der Waals surface area contributed by atoms with Crippen molar-refractivity contribution in [2.75, 3.05) is 7.11 Å². The lowest BCUT2D eigenvalue weighted by Gasteiger charge is -2.06. The van der Waals surface area contributed by atoms with Crippen LogP contribution in [-0.2, 0) is 19.0 Å². The monoisotopic (exact) mass is 229 g/mol. The van der Waals surface area contributed by atoms with Gasteiger partial charge in [-0.3, -0.25) is 4.18 Å². The molecule has 0 N–H and O–H groups in total. The fraction of sp³-hybridized carbons (Fsp3) is 0.111. The third kappa shape index (κ3) is 2.34. The van der Waals surface area contributed by atoms with Gasteiger partial charge in [0.25, 0.3) is 10.1 Å². The Bertz CT molecular complexity index is 463. The topological polar surface area (TPSA) is 69.7 Å². The lowest BCUT2D eigenvalue weighted by atomic mass is 10.2. The molecule has 81 valence electrons. The molecule has 1 radical (unpaired) electrons. The molecule has 0 saturated carbocycles. The van der Waals surface area contributed by atoms with Crippen molar-refractivity contribution >= 4 is 16.1 Å². The van der Waals surface area contributed by atoms with Crippen LogP contribution in [-0.4, -0.2) is 21.5 Å². The van der Waals surface area contributed by atoms with E-state index in [1.54, 1.807) is 0 Å². The van der Waals surface area contributed by atoms with Gasteiger partial charge in [-0.25, -0.2) is 4.79 Å². The van der Waals surface area contributed by atoms with E-state index in [4.69, 9.17) is 0 Å². The average Bonchev–Trinajstić information content (AvgIpc) is 2.28. The number of benzene rings is 1. The van der Waals surface area contributed by atoms with Crippen LogP contribution in [0.4, 0.5) is 0 Å². The van der Waals surface area contributed by atoms with Gasteiger partial charge in [-0.05, 0) is 12.1 Å². The summed E-state index contributed by atoms with van der Waals surface area (Å²) >= 11 is 0. The normalized spacial score (nSPS) is 11.1. The van der Waals surface area contributed by atoms with Gasteiger partial charge in [-0.15, -0.1) is 0 Å². The van der Waals surface area contributed by atoms with Crippen LogP contribution in [0.15, 0.2) is 29.2 Å². The summed E-state index contributed by atoms with van der Waals surface area (Å²) in [5.41, 5.74) is -0.0800. The minimum Gasteiger partial charge on any atom is -0.465 e. The minimum atomic E-state index is -4.00. The SMILES string of the molecule is [CH2]OS(=O)(=O)c1ccccc1C(=O)OC. The minimum absolute atomic E-state index is 0.0800. The van der Waals surface area contributed by atoms with Gasteiger partial charge in [-0.1, -0.05) is 12.1 Å². The third-order valence-corrected chi connectivity index (χ3v) is 2.92. The highest BCUT2D eigenvalue weighted by molar-refractivity contribution is 7.86. The summed E-state index contributed by atoms with van der Waals surface area (Å²) in [6.07, 6.45) is 0. The zero-order valence-electron chi connectivity index (χ0n) is 7.97. The lowest BCUT2D eigenvalue weighted by Crippen LogP contribution is -2.10. The zero-order chi connectivity index (χ0) is 11.5.